The molecule has 0 spiro atoms. The molecule has 5 heteroatoms. The standard InChI is InChI=1S/C14H14ClFN2O/c1-3-19-8-14-17-12(7-13(15)18-14)10-6-9(2)4-5-11(10)16/h4-7H,3,8H2,1-2H3. The van der Waals surface area contributed by atoms with Crippen LogP contribution in [-0.4, -0.2) is 16.6 Å². The highest BCUT2D eigenvalue weighted by Gasteiger charge is 2.10. The summed E-state index contributed by atoms with van der Waals surface area (Å²) in [6.07, 6.45) is 0. The van der Waals surface area contributed by atoms with Gasteiger partial charge in [0.25, 0.3) is 0 Å². The van der Waals surface area contributed by atoms with Gasteiger partial charge in [0, 0.05) is 18.2 Å². The summed E-state index contributed by atoms with van der Waals surface area (Å²) in [6, 6.07) is 6.42. The highest BCUT2D eigenvalue weighted by Crippen LogP contribution is 2.24. The smallest absolute Gasteiger partial charge is 0.156 e. The molecule has 0 fully saturated rings. The predicted molar refractivity (Wildman–Crippen MR) is 72.5 cm³/mol. The van der Waals surface area contributed by atoms with Crippen molar-refractivity contribution in [2.45, 2.75) is 20.5 Å². The fourth-order valence-electron chi connectivity index (χ4n) is 1.70. The molecule has 2 aromatic rings. The molecule has 19 heavy (non-hydrogen) atoms. The van der Waals surface area contributed by atoms with Crippen molar-refractivity contribution in [1.82, 2.24) is 9.97 Å². The van der Waals surface area contributed by atoms with E-state index in [1.807, 2.05) is 13.8 Å². The van der Waals surface area contributed by atoms with Crippen LogP contribution in [0.4, 0.5) is 4.39 Å². The normalized spacial score (nSPS) is 10.7. The zero-order valence-corrected chi connectivity index (χ0v) is 11.5. The van der Waals surface area contributed by atoms with E-state index >= 15 is 0 Å². The zero-order chi connectivity index (χ0) is 13.8. The van der Waals surface area contributed by atoms with Crippen LogP contribution in [0.5, 0.6) is 0 Å². The van der Waals surface area contributed by atoms with Crippen molar-refractivity contribution < 1.29 is 9.13 Å². The number of ether oxygens (including phenoxy) is 1. The molecular weight excluding hydrogens is 267 g/mol. The van der Waals surface area contributed by atoms with E-state index < -0.39 is 0 Å². The monoisotopic (exact) mass is 280 g/mol. The van der Waals surface area contributed by atoms with Crippen LogP contribution in [0, 0.1) is 12.7 Å². The lowest BCUT2D eigenvalue weighted by Gasteiger charge is -2.07. The number of benzene rings is 1. The first-order valence-corrected chi connectivity index (χ1v) is 6.35. The maximum atomic E-state index is 13.8. The molecule has 1 heterocycles. The highest BCUT2D eigenvalue weighted by atomic mass is 35.5. The van der Waals surface area contributed by atoms with Gasteiger partial charge < -0.3 is 4.74 Å². The van der Waals surface area contributed by atoms with E-state index in [4.69, 9.17) is 16.3 Å². The zero-order valence-electron chi connectivity index (χ0n) is 10.8. The second kappa shape index (κ2) is 6.08. The molecule has 0 atom stereocenters. The summed E-state index contributed by atoms with van der Waals surface area (Å²) < 4.78 is 19.1. The van der Waals surface area contributed by atoms with Gasteiger partial charge in [0.1, 0.15) is 17.6 Å². The van der Waals surface area contributed by atoms with Crippen LogP contribution in [0.25, 0.3) is 11.3 Å². The molecule has 0 saturated heterocycles. The SMILES string of the molecule is CCOCc1nc(Cl)cc(-c2cc(C)ccc2F)n1. The lowest BCUT2D eigenvalue weighted by molar-refractivity contribution is 0.128. The van der Waals surface area contributed by atoms with Gasteiger partial charge in [-0.25, -0.2) is 14.4 Å². The van der Waals surface area contributed by atoms with E-state index in [9.17, 15) is 4.39 Å². The van der Waals surface area contributed by atoms with Gasteiger partial charge in [-0.1, -0.05) is 23.2 Å². The molecule has 1 aromatic heterocycles. The lowest BCUT2D eigenvalue weighted by Crippen LogP contribution is -2.01. The van der Waals surface area contributed by atoms with Crippen molar-refractivity contribution in [3.63, 3.8) is 0 Å². The molecule has 0 unspecified atom stereocenters. The number of halogens is 2. The molecule has 3 nitrogen and oxygen atoms in total. The van der Waals surface area contributed by atoms with Crippen molar-refractivity contribution in [3.8, 4) is 11.3 Å². The fourth-order valence-corrected chi connectivity index (χ4v) is 1.90. The third kappa shape index (κ3) is 3.49. The molecule has 0 bridgehead atoms. The average molecular weight is 281 g/mol. The molecular formula is C14H14ClFN2O. The number of rotatable bonds is 4. The summed E-state index contributed by atoms with van der Waals surface area (Å²) in [5.41, 5.74) is 1.84. The van der Waals surface area contributed by atoms with E-state index in [1.54, 1.807) is 18.2 Å². The van der Waals surface area contributed by atoms with Crippen molar-refractivity contribution in [2.24, 2.45) is 0 Å². The Morgan fingerprint density at radius 3 is 2.79 bits per heavy atom. The summed E-state index contributed by atoms with van der Waals surface area (Å²) in [5.74, 6) is 0.119. The van der Waals surface area contributed by atoms with E-state index in [1.165, 1.54) is 6.07 Å². The Hall–Kier alpha value is -1.52. The van der Waals surface area contributed by atoms with E-state index in [0.29, 0.717) is 23.7 Å². The molecule has 0 aliphatic carbocycles. The van der Waals surface area contributed by atoms with Crippen molar-refractivity contribution in [1.29, 1.82) is 0 Å². The highest BCUT2D eigenvalue weighted by molar-refractivity contribution is 6.29. The van der Waals surface area contributed by atoms with Crippen LogP contribution in [-0.2, 0) is 11.3 Å². The number of nitrogens with zero attached hydrogens (tertiary/aromatic N) is 2. The topological polar surface area (TPSA) is 35.0 Å². The minimum Gasteiger partial charge on any atom is -0.374 e. The molecule has 1 aromatic carbocycles. The Kier molecular flexibility index (Phi) is 4.45. The van der Waals surface area contributed by atoms with Gasteiger partial charge in [0.15, 0.2) is 5.82 Å². The van der Waals surface area contributed by atoms with E-state index in [0.717, 1.165) is 5.56 Å². The molecule has 2 rings (SSSR count). The second-order valence-corrected chi connectivity index (χ2v) is 4.50. The summed E-state index contributed by atoms with van der Waals surface area (Å²) in [4.78, 5) is 8.34. The first-order chi connectivity index (χ1) is 9.10. The number of hydrogen-bond donors (Lipinski definition) is 0. The largest absolute Gasteiger partial charge is 0.374 e. The van der Waals surface area contributed by atoms with E-state index in [2.05, 4.69) is 9.97 Å². The summed E-state index contributed by atoms with van der Waals surface area (Å²) in [7, 11) is 0. The summed E-state index contributed by atoms with van der Waals surface area (Å²) in [6.45, 7) is 4.60. The molecule has 0 radical (unpaired) electrons. The van der Waals surface area contributed by atoms with Crippen molar-refractivity contribution >= 4 is 11.6 Å². The lowest BCUT2D eigenvalue weighted by atomic mass is 10.1. The van der Waals surface area contributed by atoms with Crippen LogP contribution in [0.2, 0.25) is 5.15 Å². The van der Waals surface area contributed by atoms with Gasteiger partial charge in [-0.05, 0) is 26.0 Å². The minimum absolute atomic E-state index is 0.261. The Labute approximate surface area is 116 Å². The molecule has 0 aliphatic rings. The van der Waals surface area contributed by atoms with Crippen LogP contribution in [0.3, 0.4) is 0 Å². The number of hydrogen-bond acceptors (Lipinski definition) is 3. The van der Waals surface area contributed by atoms with Crippen LogP contribution >= 0.6 is 11.6 Å². The van der Waals surface area contributed by atoms with Crippen LogP contribution in [0.1, 0.15) is 18.3 Å². The quantitative estimate of drug-likeness (QED) is 0.800. The van der Waals surface area contributed by atoms with Crippen LogP contribution < -0.4 is 0 Å². The van der Waals surface area contributed by atoms with Gasteiger partial charge in [-0.15, -0.1) is 0 Å². The Morgan fingerprint density at radius 2 is 2.05 bits per heavy atom. The minimum atomic E-state index is -0.331. The maximum Gasteiger partial charge on any atom is 0.156 e. The molecule has 100 valence electrons. The van der Waals surface area contributed by atoms with Gasteiger partial charge in [-0.3, -0.25) is 0 Å². The molecule has 0 aliphatic heterocycles. The second-order valence-electron chi connectivity index (χ2n) is 4.11. The van der Waals surface area contributed by atoms with Crippen molar-refractivity contribution in [3.05, 3.63) is 46.6 Å². The first-order valence-electron chi connectivity index (χ1n) is 5.98. The van der Waals surface area contributed by atoms with E-state index in [-0.39, 0.29) is 17.6 Å². The Bertz CT molecular complexity index is 590. The van der Waals surface area contributed by atoms with Crippen LogP contribution in [0.15, 0.2) is 24.3 Å². The molecule has 0 N–H and O–H groups in total. The van der Waals surface area contributed by atoms with Gasteiger partial charge in [0.2, 0.25) is 0 Å². The van der Waals surface area contributed by atoms with Gasteiger partial charge >= 0.3 is 0 Å². The van der Waals surface area contributed by atoms with Gasteiger partial charge in [0.05, 0.1) is 5.69 Å². The Morgan fingerprint density at radius 1 is 1.26 bits per heavy atom. The maximum absolute atomic E-state index is 13.8. The number of aryl methyl sites for hydroxylation is 1. The fraction of sp³-hybridized carbons (Fsp3) is 0.286. The summed E-state index contributed by atoms with van der Waals surface area (Å²) in [5, 5.41) is 0.278. The predicted octanol–water partition coefficient (Wildman–Crippen LogP) is 3.78. The third-order valence-corrected chi connectivity index (χ3v) is 2.77. The summed E-state index contributed by atoms with van der Waals surface area (Å²) >= 11 is 5.94. The molecule has 0 amide bonds. The third-order valence-electron chi connectivity index (χ3n) is 2.57. The number of aromatic nitrogens is 2. The average Bonchev–Trinajstić information content (AvgIpc) is 2.38. The van der Waals surface area contributed by atoms with Gasteiger partial charge in [-0.2, -0.15) is 0 Å². The first kappa shape index (κ1) is 13.9. The van der Waals surface area contributed by atoms with Crippen molar-refractivity contribution in [2.75, 3.05) is 6.61 Å². The Balaban J connectivity index is 2.43. The molecule has 0 saturated carbocycles.